The maximum absolute atomic E-state index is 6.23. The molecule has 0 radical (unpaired) electrons. The summed E-state index contributed by atoms with van der Waals surface area (Å²) in [5, 5.41) is 4.10. The lowest BCUT2D eigenvalue weighted by molar-refractivity contribution is 0.161. The van der Waals surface area contributed by atoms with Gasteiger partial charge in [0.25, 0.3) is 0 Å². The summed E-state index contributed by atoms with van der Waals surface area (Å²) in [5.74, 6) is 1.39. The highest BCUT2D eigenvalue weighted by molar-refractivity contribution is 6.32. The molecule has 0 saturated heterocycles. The van der Waals surface area contributed by atoms with Gasteiger partial charge in [0.2, 0.25) is 0 Å². The van der Waals surface area contributed by atoms with Crippen molar-refractivity contribution in [2.24, 2.45) is 0 Å². The van der Waals surface area contributed by atoms with Crippen molar-refractivity contribution in [1.82, 2.24) is 5.32 Å². The first-order valence-corrected chi connectivity index (χ1v) is 7.42. The monoisotopic (exact) mass is 299 g/mol. The van der Waals surface area contributed by atoms with Crippen LogP contribution in [0.25, 0.3) is 0 Å². The molecule has 1 aliphatic rings. The van der Waals surface area contributed by atoms with Crippen LogP contribution in [0.2, 0.25) is 5.02 Å². The van der Waals surface area contributed by atoms with Crippen molar-refractivity contribution in [3.63, 3.8) is 0 Å². The van der Waals surface area contributed by atoms with Crippen LogP contribution in [0.3, 0.4) is 0 Å². The zero-order valence-corrected chi connectivity index (χ0v) is 12.8. The van der Waals surface area contributed by atoms with Crippen LogP contribution in [-0.2, 0) is 11.3 Å². The summed E-state index contributed by atoms with van der Waals surface area (Å²) in [7, 11) is 1.73. The van der Waals surface area contributed by atoms with Crippen molar-refractivity contribution in [3.05, 3.63) is 22.7 Å². The van der Waals surface area contributed by atoms with E-state index in [4.69, 9.17) is 25.8 Å². The summed E-state index contributed by atoms with van der Waals surface area (Å²) in [6.45, 7) is 4.75. The first-order valence-electron chi connectivity index (χ1n) is 7.05. The highest BCUT2D eigenvalue weighted by atomic mass is 35.5. The summed E-state index contributed by atoms with van der Waals surface area (Å²) in [5.41, 5.74) is 1.09. The molecule has 1 atom stereocenters. The third-order valence-corrected chi connectivity index (χ3v) is 3.54. The van der Waals surface area contributed by atoms with Gasteiger partial charge in [-0.15, -0.1) is 0 Å². The lowest BCUT2D eigenvalue weighted by Gasteiger charge is -2.21. The molecule has 1 aliphatic heterocycles. The Morgan fingerprint density at radius 2 is 2.15 bits per heavy atom. The van der Waals surface area contributed by atoms with Crippen LogP contribution in [0.4, 0.5) is 0 Å². The van der Waals surface area contributed by atoms with Gasteiger partial charge in [-0.25, -0.2) is 0 Å². The van der Waals surface area contributed by atoms with Crippen LogP contribution in [0.5, 0.6) is 11.5 Å². The number of nitrogens with one attached hydrogen (secondary N) is 1. The molecule has 0 bridgehead atoms. The number of fused-ring (bicyclic) bond motifs is 1. The molecule has 1 heterocycles. The van der Waals surface area contributed by atoms with E-state index >= 15 is 0 Å². The molecule has 0 saturated carbocycles. The van der Waals surface area contributed by atoms with Crippen molar-refractivity contribution in [3.8, 4) is 11.5 Å². The Labute approximate surface area is 125 Å². The molecule has 2 rings (SSSR count). The summed E-state index contributed by atoms with van der Waals surface area (Å²) < 4.78 is 16.3. The molecule has 1 N–H and O–H groups in total. The number of rotatable bonds is 7. The molecule has 20 heavy (non-hydrogen) atoms. The van der Waals surface area contributed by atoms with Gasteiger partial charge < -0.3 is 19.5 Å². The predicted octanol–water partition coefficient (Wildman–Crippen LogP) is 3.02. The van der Waals surface area contributed by atoms with Crippen LogP contribution >= 0.6 is 11.6 Å². The molecule has 5 heteroatoms. The van der Waals surface area contributed by atoms with Gasteiger partial charge in [0.15, 0.2) is 11.5 Å². The molecule has 4 nitrogen and oxygen atoms in total. The van der Waals surface area contributed by atoms with E-state index < -0.39 is 0 Å². The van der Waals surface area contributed by atoms with E-state index in [2.05, 4.69) is 12.2 Å². The van der Waals surface area contributed by atoms with Crippen molar-refractivity contribution in [2.45, 2.75) is 32.4 Å². The van der Waals surface area contributed by atoms with Gasteiger partial charge in [-0.1, -0.05) is 24.9 Å². The third kappa shape index (κ3) is 4.01. The Kier molecular flexibility index (Phi) is 5.95. The number of hydrogen-bond acceptors (Lipinski definition) is 4. The lowest BCUT2D eigenvalue weighted by Crippen LogP contribution is -2.32. The molecule has 0 amide bonds. The first-order chi connectivity index (χ1) is 9.74. The second-order valence-electron chi connectivity index (χ2n) is 4.92. The smallest absolute Gasteiger partial charge is 0.179 e. The van der Waals surface area contributed by atoms with Crippen molar-refractivity contribution < 1.29 is 14.2 Å². The molecule has 112 valence electrons. The largest absolute Gasteiger partial charge is 0.486 e. The fraction of sp³-hybridized carbons (Fsp3) is 0.600. The summed E-state index contributed by atoms with van der Waals surface area (Å²) in [4.78, 5) is 0. The van der Waals surface area contributed by atoms with E-state index in [0.29, 0.717) is 36.6 Å². The lowest BCUT2D eigenvalue weighted by atomic mass is 10.1. The zero-order chi connectivity index (χ0) is 14.4. The number of halogens is 1. The maximum Gasteiger partial charge on any atom is 0.179 e. The molecular formula is C15H22ClNO3. The maximum atomic E-state index is 6.23. The number of hydrogen-bond donors (Lipinski definition) is 1. The van der Waals surface area contributed by atoms with Crippen LogP contribution in [0.1, 0.15) is 25.3 Å². The highest BCUT2D eigenvalue weighted by Crippen LogP contribution is 2.38. The summed E-state index contributed by atoms with van der Waals surface area (Å²) in [6, 6.07) is 4.28. The van der Waals surface area contributed by atoms with Gasteiger partial charge in [-0.3, -0.25) is 0 Å². The minimum Gasteiger partial charge on any atom is -0.486 e. The van der Waals surface area contributed by atoms with Crippen LogP contribution in [0, 0.1) is 0 Å². The van der Waals surface area contributed by atoms with Crippen molar-refractivity contribution >= 4 is 11.6 Å². The normalized spacial score (nSPS) is 15.2. The number of benzene rings is 1. The molecule has 0 aliphatic carbocycles. The van der Waals surface area contributed by atoms with Gasteiger partial charge in [0, 0.05) is 19.7 Å². The van der Waals surface area contributed by atoms with E-state index in [-0.39, 0.29) is 0 Å². The Morgan fingerprint density at radius 1 is 1.35 bits per heavy atom. The molecular weight excluding hydrogens is 278 g/mol. The SMILES string of the molecule is CCCC(COC)NCc1cc(Cl)c2c(c1)OCCO2. The van der Waals surface area contributed by atoms with E-state index in [1.54, 1.807) is 7.11 Å². The Hall–Kier alpha value is -0.970. The zero-order valence-electron chi connectivity index (χ0n) is 12.1. The fourth-order valence-corrected chi connectivity index (χ4v) is 2.61. The van der Waals surface area contributed by atoms with Crippen molar-refractivity contribution in [1.29, 1.82) is 0 Å². The van der Waals surface area contributed by atoms with Crippen LogP contribution in [-0.4, -0.2) is 33.0 Å². The number of ether oxygens (including phenoxy) is 3. The number of methoxy groups -OCH3 is 1. The minimum atomic E-state index is 0.358. The minimum absolute atomic E-state index is 0.358. The van der Waals surface area contributed by atoms with Gasteiger partial charge in [0.05, 0.1) is 11.6 Å². The standard InChI is InChI=1S/C15H22ClNO3/c1-3-4-12(10-18-2)17-9-11-7-13(16)15-14(8-11)19-5-6-20-15/h7-8,12,17H,3-6,9-10H2,1-2H3. The van der Waals surface area contributed by atoms with Crippen LogP contribution < -0.4 is 14.8 Å². The average molecular weight is 300 g/mol. The Morgan fingerprint density at radius 3 is 2.90 bits per heavy atom. The first kappa shape index (κ1) is 15.4. The van der Waals surface area contributed by atoms with Gasteiger partial charge in [-0.2, -0.15) is 0 Å². The molecule has 1 aromatic rings. The quantitative estimate of drug-likeness (QED) is 0.840. The van der Waals surface area contributed by atoms with Gasteiger partial charge in [-0.05, 0) is 24.1 Å². The fourth-order valence-electron chi connectivity index (χ4n) is 2.32. The summed E-state index contributed by atoms with van der Waals surface area (Å²) in [6.07, 6.45) is 2.22. The molecule has 0 aromatic heterocycles. The Balaban J connectivity index is 2.00. The average Bonchev–Trinajstić information content (AvgIpc) is 2.45. The van der Waals surface area contributed by atoms with Gasteiger partial charge in [0.1, 0.15) is 13.2 Å². The highest BCUT2D eigenvalue weighted by Gasteiger charge is 2.17. The molecule has 0 fully saturated rings. The van der Waals surface area contributed by atoms with E-state index in [0.717, 1.165) is 30.7 Å². The van der Waals surface area contributed by atoms with E-state index in [9.17, 15) is 0 Å². The van der Waals surface area contributed by atoms with E-state index in [1.807, 2.05) is 12.1 Å². The second kappa shape index (κ2) is 7.72. The molecule has 1 unspecified atom stereocenters. The topological polar surface area (TPSA) is 39.7 Å². The summed E-state index contributed by atoms with van der Waals surface area (Å²) >= 11 is 6.23. The Bertz CT molecular complexity index is 433. The molecule has 1 aromatic carbocycles. The van der Waals surface area contributed by atoms with E-state index in [1.165, 1.54) is 0 Å². The second-order valence-corrected chi connectivity index (χ2v) is 5.33. The van der Waals surface area contributed by atoms with Crippen molar-refractivity contribution in [2.75, 3.05) is 26.9 Å². The van der Waals surface area contributed by atoms with Gasteiger partial charge >= 0.3 is 0 Å². The van der Waals surface area contributed by atoms with Crippen LogP contribution in [0.15, 0.2) is 12.1 Å². The third-order valence-electron chi connectivity index (χ3n) is 3.26. The molecule has 0 spiro atoms. The predicted molar refractivity (Wildman–Crippen MR) is 79.9 cm³/mol.